The van der Waals surface area contributed by atoms with Gasteiger partial charge in [-0.3, -0.25) is 9.59 Å². The number of aromatic nitrogens is 3. The van der Waals surface area contributed by atoms with Crippen LogP contribution in [0.2, 0.25) is 0 Å². The Bertz CT molecular complexity index is 844. The zero-order valence-electron chi connectivity index (χ0n) is 16.5. The molecule has 148 valence electrons. The zero-order chi connectivity index (χ0) is 19.7. The number of benzene rings is 1. The van der Waals surface area contributed by atoms with E-state index in [1.807, 2.05) is 34.1 Å². The fourth-order valence-corrected chi connectivity index (χ4v) is 3.90. The first-order chi connectivity index (χ1) is 13.5. The molecule has 1 atom stereocenters. The minimum atomic E-state index is -0.0576. The number of hydrogen-bond donors (Lipinski definition) is 0. The standard InChI is InChI=1S/C21H27N5O2/c1-15(2)19-12-24(10-9-20(27)25(19)11-16-7-8-16)21(28)17-5-3-4-6-18(17)26-14-22-13-23-26/h3-6,13-16,19H,7-12H2,1-2H3/t19-/m1/s1. The lowest BCUT2D eigenvalue weighted by molar-refractivity contribution is -0.133. The number of hydrogen-bond acceptors (Lipinski definition) is 4. The third-order valence-electron chi connectivity index (χ3n) is 5.73. The molecule has 7 heteroatoms. The third kappa shape index (κ3) is 3.79. The van der Waals surface area contributed by atoms with Gasteiger partial charge in [0.15, 0.2) is 0 Å². The van der Waals surface area contributed by atoms with Crippen molar-refractivity contribution in [2.45, 2.75) is 39.2 Å². The molecule has 1 saturated carbocycles. The Morgan fingerprint density at radius 3 is 2.71 bits per heavy atom. The smallest absolute Gasteiger partial charge is 0.256 e. The summed E-state index contributed by atoms with van der Waals surface area (Å²) in [4.78, 5) is 34.1. The summed E-state index contributed by atoms with van der Waals surface area (Å²) in [5.74, 6) is 1.05. The maximum atomic E-state index is 13.4. The molecule has 2 aliphatic rings. The predicted octanol–water partition coefficient (Wildman–Crippen LogP) is 2.38. The van der Waals surface area contributed by atoms with E-state index in [0.717, 1.165) is 6.54 Å². The fourth-order valence-electron chi connectivity index (χ4n) is 3.90. The second kappa shape index (κ2) is 7.73. The van der Waals surface area contributed by atoms with Crippen LogP contribution in [0.1, 0.15) is 43.5 Å². The van der Waals surface area contributed by atoms with Gasteiger partial charge in [-0.15, -0.1) is 0 Å². The van der Waals surface area contributed by atoms with Crippen LogP contribution < -0.4 is 0 Å². The molecule has 1 aliphatic heterocycles. The molecule has 7 nitrogen and oxygen atoms in total. The maximum absolute atomic E-state index is 13.4. The van der Waals surface area contributed by atoms with Crippen LogP contribution in [0, 0.1) is 11.8 Å². The third-order valence-corrected chi connectivity index (χ3v) is 5.73. The molecular weight excluding hydrogens is 354 g/mol. The van der Waals surface area contributed by atoms with Crippen LogP contribution in [-0.4, -0.2) is 62.1 Å². The van der Waals surface area contributed by atoms with Gasteiger partial charge in [0.1, 0.15) is 12.7 Å². The second-order valence-corrected chi connectivity index (χ2v) is 8.16. The number of nitrogens with zero attached hydrogens (tertiary/aromatic N) is 5. The lowest BCUT2D eigenvalue weighted by atomic mass is 10.0. The molecule has 1 aromatic carbocycles. The zero-order valence-corrected chi connectivity index (χ0v) is 16.5. The van der Waals surface area contributed by atoms with Gasteiger partial charge in [-0.1, -0.05) is 26.0 Å². The molecule has 28 heavy (non-hydrogen) atoms. The first-order valence-corrected chi connectivity index (χ1v) is 10.1. The molecule has 1 aliphatic carbocycles. The first kappa shape index (κ1) is 18.7. The number of carbonyl (C=O) groups excluding carboxylic acids is 2. The van der Waals surface area contributed by atoms with Crippen molar-refractivity contribution < 1.29 is 9.59 Å². The molecule has 1 aromatic heterocycles. The molecule has 1 saturated heterocycles. The average molecular weight is 381 g/mol. The van der Waals surface area contributed by atoms with Crippen LogP contribution in [0.3, 0.4) is 0 Å². The average Bonchev–Trinajstić information content (AvgIpc) is 3.39. The van der Waals surface area contributed by atoms with Crippen LogP contribution >= 0.6 is 0 Å². The summed E-state index contributed by atoms with van der Waals surface area (Å²) in [6.07, 6.45) is 5.85. The Balaban J connectivity index is 1.60. The molecular formula is C21H27N5O2. The van der Waals surface area contributed by atoms with Gasteiger partial charge < -0.3 is 9.80 Å². The van der Waals surface area contributed by atoms with Crippen molar-refractivity contribution in [3.05, 3.63) is 42.5 Å². The van der Waals surface area contributed by atoms with E-state index in [-0.39, 0.29) is 17.9 Å². The van der Waals surface area contributed by atoms with Gasteiger partial charge in [0, 0.05) is 26.1 Å². The van der Waals surface area contributed by atoms with Crippen LogP contribution in [-0.2, 0) is 4.79 Å². The molecule has 0 bridgehead atoms. The van der Waals surface area contributed by atoms with Gasteiger partial charge in [0.25, 0.3) is 5.91 Å². The summed E-state index contributed by atoms with van der Waals surface area (Å²) in [6.45, 7) is 6.12. The van der Waals surface area contributed by atoms with E-state index in [1.54, 1.807) is 11.0 Å². The maximum Gasteiger partial charge on any atom is 0.256 e. The fraction of sp³-hybridized carbons (Fsp3) is 0.524. The molecule has 2 amide bonds. The Morgan fingerprint density at radius 2 is 2.04 bits per heavy atom. The Kier molecular flexibility index (Phi) is 5.15. The van der Waals surface area contributed by atoms with E-state index in [9.17, 15) is 9.59 Å². The minimum absolute atomic E-state index is 0.0538. The normalized spacial score (nSPS) is 20.5. The van der Waals surface area contributed by atoms with Gasteiger partial charge in [-0.2, -0.15) is 5.10 Å². The first-order valence-electron chi connectivity index (χ1n) is 10.1. The van der Waals surface area contributed by atoms with Crippen molar-refractivity contribution in [3.8, 4) is 5.69 Å². The van der Waals surface area contributed by atoms with Crippen LogP contribution in [0.15, 0.2) is 36.9 Å². The van der Waals surface area contributed by atoms with Crippen molar-refractivity contribution in [2.24, 2.45) is 11.8 Å². The number of para-hydroxylation sites is 1. The second-order valence-electron chi connectivity index (χ2n) is 8.16. The van der Waals surface area contributed by atoms with Crippen molar-refractivity contribution in [1.82, 2.24) is 24.6 Å². The van der Waals surface area contributed by atoms with Crippen molar-refractivity contribution in [2.75, 3.05) is 19.6 Å². The molecule has 2 heterocycles. The Morgan fingerprint density at radius 1 is 1.25 bits per heavy atom. The van der Waals surface area contributed by atoms with Gasteiger partial charge in [0.2, 0.25) is 5.91 Å². The topological polar surface area (TPSA) is 71.3 Å². The summed E-state index contributed by atoms with van der Waals surface area (Å²) < 4.78 is 1.61. The highest BCUT2D eigenvalue weighted by molar-refractivity contribution is 5.98. The number of amides is 2. The molecule has 0 spiro atoms. The summed E-state index contributed by atoms with van der Waals surface area (Å²) in [7, 11) is 0. The van der Waals surface area contributed by atoms with Crippen LogP contribution in [0.5, 0.6) is 0 Å². The SMILES string of the molecule is CC(C)[C@H]1CN(C(=O)c2ccccc2-n2cncn2)CCC(=O)N1CC1CC1. The lowest BCUT2D eigenvalue weighted by Crippen LogP contribution is -2.48. The lowest BCUT2D eigenvalue weighted by Gasteiger charge is -2.35. The molecule has 0 N–H and O–H groups in total. The van der Waals surface area contributed by atoms with Crippen LogP contribution in [0.4, 0.5) is 0 Å². The Hall–Kier alpha value is -2.70. The number of rotatable bonds is 5. The summed E-state index contributed by atoms with van der Waals surface area (Å²) in [5, 5.41) is 4.17. The largest absolute Gasteiger partial charge is 0.337 e. The highest BCUT2D eigenvalue weighted by Crippen LogP contribution is 2.32. The van der Waals surface area contributed by atoms with Gasteiger partial charge >= 0.3 is 0 Å². The van der Waals surface area contributed by atoms with Gasteiger partial charge in [-0.05, 0) is 36.8 Å². The van der Waals surface area contributed by atoms with E-state index in [4.69, 9.17) is 0 Å². The van der Waals surface area contributed by atoms with E-state index >= 15 is 0 Å². The van der Waals surface area contributed by atoms with Crippen molar-refractivity contribution >= 4 is 11.8 Å². The Labute approximate surface area is 165 Å². The summed E-state index contributed by atoms with van der Waals surface area (Å²) in [6, 6.07) is 7.48. The highest BCUT2D eigenvalue weighted by Gasteiger charge is 2.37. The summed E-state index contributed by atoms with van der Waals surface area (Å²) in [5.41, 5.74) is 1.29. The highest BCUT2D eigenvalue weighted by atomic mass is 16.2. The van der Waals surface area contributed by atoms with E-state index in [1.165, 1.54) is 19.2 Å². The summed E-state index contributed by atoms with van der Waals surface area (Å²) >= 11 is 0. The predicted molar refractivity (Wildman–Crippen MR) is 105 cm³/mol. The minimum Gasteiger partial charge on any atom is -0.337 e. The quantitative estimate of drug-likeness (QED) is 0.797. The van der Waals surface area contributed by atoms with Gasteiger partial charge in [0.05, 0.1) is 17.3 Å². The van der Waals surface area contributed by atoms with Crippen LogP contribution in [0.25, 0.3) is 5.69 Å². The molecule has 0 radical (unpaired) electrons. The monoisotopic (exact) mass is 381 g/mol. The van der Waals surface area contributed by atoms with Gasteiger partial charge in [-0.25, -0.2) is 9.67 Å². The van der Waals surface area contributed by atoms with Crippen molar-refractivity contribution in [3.63, 3.8) is 0 Å². The number of carbonyl (C=O) groups is 2. The molecule has 2 fully saturated rings. The van der Waals surface area contributed by atoms with E-state index in [2.05, 4.69) is 23.9 Å². The van der Waals surface area contributed by atoms with E-state index < -0.39 is 0 Å². The molecule has 2 aromatic rings. The molecule has 4 rings (SSSR count). The van der Waals surface area contributed by atoms with E-state index in [0.29, 0.717) is 42.6 Å². The van der Waals surface area contributed by atoms with Crippen molar-refractivity contribution in [1.29, 1.82) is 0 Å². The molecule has 0 unspecified atom stereocenters.